The number of benzene rings is 1. The number of rotatable bonds is 5. The number of piperazine rings is 1. The standard InChI is InChI=1S/C24H31ClN4O2/c1-2-20-16-28(23-22(25)14-18(17-30)15-26-23)12-13-29(20)21-8-10-27(11-9-21)24(31)19-6-4-3-5-7-19/h3-7,14-15,20-21,30H,2,8-13,16-17H2,1H3/t20-/m0/s1. The van der Waals surface area contributed by atoms with Crippen LogP contribution in [0.4, 0.5) is 5.82 Å². The highest BCUT2D eigenvalue weighted by atomic mass is 35.5. The molecule has 0 aliphatic carbocycles. The lowest BCUT2D eigenvalue weighted by Gasteiger charge is -2.47. The molecule has 2 fully saturated rings. The van der Waals surface area contributed by atoms with Gasteiger partial charge in [0.1, 0.15) is 5.82 Å². The molecule has 1 amide bonds. The van der Waals surface area contributed by atoms with Crippen molar-refractivity contribution in [2.45, 2.75) is 44.9 Å². The van der Waals surface area contributed by atoms with Gasteiger partial charge in [-0.15, -0.1) is 0 Å². The maximum atomic E-state index is 12.8. The van der Waals surface area contributed by atoms with Gasteiger partial charge in [0.05, 0.1) is 11.6 Å². The van der Waals surface area contributed by atoms with E-state index >= 15 is 0 Å². The third kappa shape index (κ3) is 4.86. The summed E-state index contributed by atoms with van der Waals surface area (Å²) in [6.07, 6.45) is 4.79. The SMILES string of the molecule is CC[C@H]1CN(c2ncc(CO)cc2Cl)CCN1C1CCN(C(=O)c2ccccc2)CC1. The van der Waals surface area contributed by atoms with Crippen molar-refractivity contribution in [2.75, 3.05) is 37.6 Å². The second kappa shape index (κ2) is 9.98. The van der Waals surface area contributed by atoms with Crippen LogP contribution < -0.4 is 4.90 Å². The maximum absolute atomic E-state index is 12.8. The highest BCUT2D eigenvalue weighted by molar-refractivity contribution is 6.33. The van der Waals surface area contributed by atoms with Crippen molar-refractivity contribution in [3.63, 3.8) is 0 Å². The number of carbonyl (C=O) groups excluding carboxylic acids is 1. The Morgan fingerprint density at radius 2 is 1.90 bits per heavy atom. The molecule has 6 nitrogen and oxygen atoms in total. The molecule has 4 rings (SSSR count). The van der Waals surface area contributed by atoms with Gasteiger partial charge >= 0.3 is 0 Å². The topological polar surface area (TPSA) is 59.9 Å². The molecule has 2 aliphatic rings. The summed E-state index contributed by atoms with van der Waals surface area (Å²) < 4.78 is 0. The van der Waals surface area contributed by atoms with E-state index in [9.17, 15) is 9.90 Å². The van der Waals surface area contributed by atoms with Gasteiger partial charge in [0.25, 0.3) is 5.91 Å². The molecule has 1 aromatic carbocycles. The molecule has 2 saturated heterocycles. The zero-order chi connectivity index (χ0) is 21.8. The van der Waals surface area contributed by atoms with Gasteiger partial charge in [-0.25, -0.2) is 4.98 Å². The number of pyridine rings is 1. The van der Waals surface area contributed by atoms with Crippen LogP contribution in [0, 0.1) is 0 Å². The smallest absolute Gasteiger partial charge is 0.253 e. The van der Waals surface area contributed by atoms with Gasteiger partial charge in [-0.3, -0.25) is 9.69 Å². The van der Waals surface area contributed by atoms with Gasteiger partial charge in [-0.05, 0) is 43.0 Å². The van der Waals surface area contributed by atoms with Gasteiger partial charge < -0.3 is 14.9 Å². The van der Waals surface area contributed by atoms with E-state index < -0.39 is 0 Å². The van der Waals surface area contributed by atoms with E-state index in [4.69, 9.17) is 11.6 Å². The van der Waals surface area contributed by atoms with Crippen molar-refractivity contribution in [1.82, 2.24) is 14.8 Å². The number of halogens is 1. The highest BCUT2D eigenvalue weighted by Crippen LogP contribution is 2.29. The molecule has 0 saturated carbocycles. The van der Waals surface area contributed by atoms with E-state index in [0.29, 0.717) is 17.1 Å². The fraction of sp³-hybridized carbons (Fsp3) is 0.500. The average Bonchev–Trinajstić information content (AvgIpc) is 2.83. The van der Waals surface area contributed by atoms with Crippen LogP contribution in [0.2, 0.25) is 5.02 Å². The molecule has 166 valence electrons. The van der Waals surface area contributed by atoms with Gasteiger partial charge in [0, 0.05) is 56.6 Å². The van der Waals surface area contributed by atoms with Crippen LogP contribution in [0.1, 0.15) is 42.1 Å². The molecule has 1 aromatic heterocycles. The Balaban J connectivity index is 1.36. The van der Waals surface area contributed by atoms with E-state index in [1.54, 1.807) is 12.3 Å². The fourth-order valence-electron chi connectivity index (χ4n) is 4.86. The summed E-state index contributed by atoms with van der Waals surface area (Å²) in [4.78, 5) is 24.2. The third-order valence-electron chi connectivity index (χ3n) is 6.60. The van der Waals surface area contributed by atoms with Gasteiger partial charge in [-0.2, -0.15) is 0 Å². The summed E-state index contributed by atoms with van der Waals surface area (Å²) in [7, 11) is 0. The molecule has 0 radical (unpaired) electrons. The number of aliphatic hydroxyl groups is 1. The minimum absolute atomic E-state index is 0.0518. The average molecular weight is 443 g/mol. The van der Waals surface area contributed by atoms with Gasteiger partial charge in [-0.1, -0.05) is 36.7 Å². The molecule has 0 bridgehead atoms. The van der Waals surface area contributed by atoms with Crippen molar-refractivity contribution in [3.8, 4) is 0 Å². The Morgan fingerprint density at radius 3 is 2.55 bits per heavy atom. The molecular formula is C24H31ClN4O2. The minimum Gasteiger partial charge on any atom is -0.392 e. The Hall–Kier alpha value is -2.15. The van der Waals surface area contributed by atoms with Crippen LogP contribution in [0.15, 0.2) is 42.6 Å². The molecule has 1 N–H and O–H groups in total. The highest BCUT2D eigenvalue weighted by Gasteiger charge is 2.34. The summed E-state index contributed by atoms with van der Waals surface area (Å²) in [5.74, 6) is 0.947. The van der Waals surface area contributed by atoms with Crippen molar-refractivity contribution < 1.29 is 9.90 Å². The van der Waals surface area contributed by atoms with E-state index in [1.807, 2.05) is 35.2 Å². The zero-order valence-electron chi connectivity index (χ0n) is 18.1. The third-order valence-corrected chi connectivity index (χ3v) is 6.88. The van der Waals surface area contributed by atoms with Crippen LogP contribution in [0.3, 0.4) is 0 Å². The number of aliphatic hydroxyl groups excluding tert-OH is 1. The van der Waals surface area contributed by atoms with E-state index in [2.05, 4.69) is 21.7 Å². The summed E-state index contributed by atoms with van der Waals surface area (Å²) >= 11 is 6.45. The quantitative estimate of drug-likeness (QED) is 0.768. The lowest BCUT2D eigenvalue weighted by molar-refractivity contribution is 0.0491. The Bertz CT molecular complexity index is 886. The van der Waals surface area contributed by atoms with E-state index in [-0.39, 0.29) is 12.5 Å². The first-order valence-electron chi connectivity index (χ1n) is 11.2. The Labute approximate surface area is 189 Å². The number of piperidine rings is 1. The summed E-state index contributed by atoms with van der Waals surface area (Å²) in [6.45, 7) is 6.55. The molecule has 0 spiro atoms. The van der Waals surface area contributed by atoms with Crippen molar-refractivity contribution >= 4 is 23.3 Å². The molecule has 1 atom stereocenters. The molecule has 7 heteroatoms. The summed E-state index contributed by atoms with van der Waals surface area (Å²) in [5, 5.41) is 9.90. The molecular weight excluding hydrogens is 412 g/mol. The predicted octanol–water partition coefficient (Wildman–Crippen LogP) is 3.43. The summed E-state index contributed by atoms with van der Waals surface area (Å²) in [5.41, 5.74) is 1.51. The number of hydrogen-bond donors (Lipinski definition) is 1. The number of anilines is 1. The lowest BCUT2D eigenvalue weighted by Crippen LogP contribution is -2.58. The Morgan fingerprint density at radius 1 is 1.16 bits per heavy atom. The molecule has 3 heterocycles. The second-order valence-electron chi connectivity index (χ2n) is 8.44. The molecule has 2 aromatic rings. The van der Waals surface area contributed by atoms with E-state index in [1.165, 1.54) is 0 Å². The number of aromatic nitrogens is 1. The normalized spacial score (nSPS) is 20.8. The zero-order valence-corrected chi connectivity index (χ0v) is 18.8. The monoisotopic (exact) mass is 442 g/mol. The van der Waals surface area contributed by atoms with Crippen molar-refractivity contribution in [1.29, 1.82) is 0 Å². The predicted molar refractivity (Wildman–Crippen MR) is 124 cm³/mol. The largest absolute Gasteiger partial charge is 0.392 e. The van der Waals surface area contributed by atoms with Crippen molar-refractivity contribution in [3.05, 3.63) is 58.7 Å². The minimum atomic E-state index is -0.0518. The number of amides is 1. The van der Waals surface area contributed by atoms with E-state index in [0.717, 1.165) is 68.9 Å². The molecule has 0 unspecified atom stereocenters. The fourth-order valence-corrected chi connectivity index (χ4v) is 5.17. The molecule has 31 heavy (non-hydrogen) atoms. The van der Waals surface area contributed by atoms with Gasteiger partial charge in [0.2, 0.25) is 0 Å². The van der Waals surface area contributed by atoms with Crippen molar-refractivity contribution in [2.24, 2.45) is 0 Å². The van der Waals surface area contributed by atoms with Crippen LogP contribution >= 0.6 is 11.6 Å². The summed E-state index contributed by atoms with van der Waals surface area (Å²) in [6, 6.07) is 12.3. The number of hydrogen-bond acceptors (Lipinski definition) is 5. The number of nitrogens with zero attached hydrogens (tertiary/aromatic N) is 4. The van der Waals surface area contributed by atoms with Crippen LogP contribution in [-0.2, 0) is 6.61 Å². The Kier molecular flexibility index (Phi) is 7.10. The van der Waals surface area contributed by atoms with Gasteiger partial charge in [0.15, 0.2) is 0 Å². The van der Waals surface area contributed by atoms with Crippen LogP contribution in [0.5, 0.6) is 0 Å². The lowest BCUT2D eigenvalue weighted by atomic mass is 9.97. The number of carbonyl (C=O) groups is 1. The number of likely N-dealkylation sites (tertiary alicyclic amines) is 1. The molecule has 2 aliphatic heterocycles. The first-order chi connectivity index (χ1) is 15.1. The maximum Gasteiger partial charge on any atom is 0.253 e. The first-order valence-corrected chi connectivity index (χ1v) is 11.6. The van der Waals surface area contributed by atoms with Crippen LogP contribution in [0.25, 0.3) is 0 Å². The van der Waals surface area contributed by atoms with Crippen LogP contribution in [-0.4, -0.2) is 70.6 Å². The first kappa shape index (κ1) is 22.1. The second-order valence-corrected chi connectivity index (χ2v) is 8.85.